The highest BCUT2D eigenvalue weighted by Crippen LogP contribution is 2.34. The molecule has 35 heavy (non-hydrogen) atoms. The first-order valence-corrected chi connectivity index (χ1v) is 13.5. The third kappa shape index (κ3) is 4.58. The molecule has 1 amide bonds. The molecule has 3 aromatic rings. The van der Waals surface area contributed by atoms with Crippen molar-refractivity contribution in [3.8, 4) is 5.75 Å². The number of fused-ring (bicyclic) bond motifs is 1. The monoisotopic (exact) mass is 494 g/mol. The first kappa shape index (κ1) is 23.6. The maximum Gasteiger partial charge on any atom is 0.255 e. The number of benzene rings is 2. The maximum absolute atomic E-state index is 13.3. The van der Waals surface area contributed by atoms with Crippen molar-refractivity contribution in [1.29, 1.82) is 0 Å². The molecule has 0 bridgehead atoms. The Morgan fingerprint density at radius 2 is 1.69 bits per heavy atom. The van der Waals surface area contributed by atoms with Gasteiger partial charge >= 0.3 is 0 Å². The van der Waals surface area contributed by atoms with Crippen molar-refractivity contribution in [2.45, 2.75) is 37.0 Å². The van der Waals surface area contributed by atoms with Crippen LogP contribution in [-0.4, -0.2) is 56.9 Å². The molecule has 2 aliphatic rings. The van der Waals surface area contributed by atoms with E-state index in [-0.39, 0.29) is 22.1 Å². The van der Waals surface area contributed by atoms with Gasteiger partial charge in [0.1, 0.15) is 10.6 Å². The molecule has 1 aromatic heterocycles. The van der Waals surface area contributed by atoms with E-state index >= 15 is 0 Å². The van der Waals surface area contributed by atoms with Crippen LogP contribution in [-0.2, 0) is 10.0 Å². The van der Waals surface area contributed by atoms with Gasteiger partial charge < -0.3 is 15.0 Å². The van der Waals surface area contributed by atoms with E-state index in [4.69, 9.17) is 4.74 Å². The van der Waals surface area contributed by atoms with Gasteiger partial charge in [0.2, 0.25) is 10.0 Å². The number of carbonyl (C=O) groups is 1. The quantitative estimate of drug-likeness (QED) is 0.550. The molecule has 0 spiro atoms. The fourth-order valence-corrected chi connectivity index (χ4v) is 6.67. The number of carbonyl (C=O) groups excluding carboxylic acids is 1. The molecule has 2 saturated heterocycles. The number of ether oxygens (including phenoxy) is 1. The lowest BCUT2D eigenvalue weighted by molar-refractivity contribution is 0.102. The average molecular weight is 495 g/mol. The van der Waals surface area contributed by atoms with Crippen LogP contribution in [0.15, 0.2) is 53.7 Å². The summed E-state index contributed by atoms with van der Waals surface area (Å²) >= 11 is 0. The molecule has 2 aromatic carbocycles. The largest absolute Gasteiger partial charge is 0.495 e. The molecule has 9 heteroatoms. The fourth-order valence-electron chi connectivity index (χ4n) is 4.98. The number of amides is 1. The summed E-state index contributed by atoms with van der Waals surface area (Å²) in [6.07, 6.45) is 8.78. The zero-order chi connectivity index (χ0) is 24.4. The number of piperidine rings is 1. The number of hydrogen-bond donors (Lipinski definition) is 1. The lowest BCUT2D eigenvalue weighted by Gasteiger charge is -2.30. The number of aromatic nitrogens is 1. The van der Waals surface area contributed by atoms with Gasteiger partial charge in [0.25, 0.3) is 5.91 Å². The lowest BCUT2D eigenvalue weighted by atomic mass is 10.0. The van der Waals surface area contributed by atoms with E-state index in [2.05, 4.69) is 15.2 Å². The second kappa shape index (κ2) is 9.83. The molecule has 8 nitrogen and oxygen atoms in total. The summed E-state index contributed by atoms with van der Waals surface area (Å²) in [5.74, 6) is -0.157. The van der Waals surface area contributed by atoms with E-state index in [0.717, 1.165) is 42.4 Å². The Morgan fingerprint density at radius 3 is 2.43 bits per heavy atom. The minimum Gasteiger partial charge on any atom is -0.495 e. The van der Waals surface area contributed by atoms with Crippen LogP contribution in [0.2, 0.25) is 0 Å². The molecular weight excluding hydrogens is 464 g/mol. The summed E-state index contributed by atoms with van der Waals surface area (Å²) in [5, 5.41) is 4.85. The highest BCUT2D eigenvalue weighted by molar-refractivity contribution is 7.89. The first-order valence-electron chi connectivity index (χ1n) is 12.1. The van der Waals surface area contributed by atoms with Gasteiger partial charge in [-0.15, -0.1) is 0 Å². The van der Waals surface area contributed by atoms with Gasteiger partial charge in [-0.2, -0.15) is 4.31 Å². The molecule has 0 radical (unpaired) electrons. The van der Waals surface area contributed by atoms with E-state index < -0.39 is 10.0 Å². The normalized spacial score (nSPS) is 17.0. The van der Waals surface area contributed by atoms with Crippen molar-refractivity contribution < 1.29 is 17.9 Å². The summed E-state index contributed by atoms with van der Waals surface area (Å²) in [6.45, 7) is 2.99. The Kier molecular flexibility index (Phi) is 6.62. The van der Waals surface area contributed by atoms with Gasteiger partial charge in [0.15, 0.2) is 0 Å². The van der Waals surface area contributed by atoms with E-state index in [1.807, 2.05) is 18.2 Å². The number of sulfonamides is 1. The molecule has 0 atom stereocenters. The van der Waals surface area contributed by atoms with Crippen LogP contribution in [0.5, 0.6) is 5.75 Å². The second-order valence-corrected chi connectivity index (χ2v) is 10.9. The van der Waals surface area contributed by atoms with Crippen molar-refractivity contribution in [2.75, 3.05) is 43.5 Å². The second-order valence-electron chi connectivity index (χ2n) is 9.03. The third-order valence-corrected chi connectivity index (χ3v) is 8.77. The Hall–Kier alpha value is -3.17. The van der Waals surface area contributed by atoms with Gasteiger partial charge in [-0.1, -0.05) is 0 Å². The van der Waals surface area contributed by atoms with Crippen LogP contribution in [0.3, 0.4) is 0 Å². The topological polar surface area (TPSA) is 91.8 Å². The number of hydrogen-bond acceptors (Lipinski definition) is 6. The number of nitrogens with one attached hydrogen (secondary N) is 1. The van der Waals surface area contributed by atoms with E-state index in [1.165, 1.54) is 42.8 Å². The predicted octanol–water partition coefficient (Wildman–Crippen LogP) is 4.27. The van der Waals surface area contributed by atoms with Crippen molar-refractivity contribution in [1.82, 2.24) is 9.29 Å². The molecule has 5 rings (SSSR count). The van der Waals surface area contributed by atoms with Crippen molar-refractivity contribution >= 4 is 38.1 Å². The first-order chi connectivity index (χ1) is 17.0. The van der Waals surface area contributed by atoms with Crippen molar-refractivity contribution in [3.05, 3.63) is 54.4 Å². The van der Waals surface area contributed by atoms with Gasteiger partial charge in [-0.25, -0.2) is 8.42 Å². The predicted molar refractivity (Wildman–Crippen MR) is 137 cm³/mol. The summed E-state index contributed by atoms with van der Waals surface area (Å²) in [6, 6.07) is 10.4. The highest BCUT2D eigenvalue weighted by Gasteiger charge is 2.30. The highest BCUT2D eigenvalue weighted by atomic mass is 32.2. The maximum atomic E-state index is 13.3. The van der Waals surface area contributed by atoms with E-state index in [0.29, 0.717) is 18.8 Å². The van der Waals surface area contributed by atoms with Crippen LogP contribution in [0, 0.1) is 0 Å². The van der Waals surface area contributed by atoms with Gasteiger partial charge in [-0.05, 0) is 68.5 Å². The minimum atomic E-state index is -3.75. The summed E-state index contributed by atoms with van der Waals surface area (Å²) in [7, 11) is -2.32. The molecule has 184 valence electrons. The lowest BCUT2D eigenvalue weighted by Crippen LogP contribution is -2.29. The molecule has 2 aliphatic heterocycles. The van der Waals surface area contributed by atoms with Gasteiger partial charge in [0.05, 0.1) is 12.8 Å². The Morgan fingerprint density at radius 1 is 0.943 bits per heavy atom. The zero-order valence-corrected chi connectivity index (χ0v) is 20.7. The van der Waals surface area contributed by atoms with Crippen LogP contribution in [0.4, 0.5) is 11.4 Å². The summed E-state index contributed by atoms with van der Waals surface area (Å²) in [5.41, 5.74) is 2.03. The Labute approximate surface area is 205 Å². The average Bonchev–Trinajstić information content (AvgIpc) is 3.45. The van der Waals surface area contributed by atoms with Crippen LogP contribution >= 0.6 is 0 Å². The molecule has 0 saturated carbocycles. The SMILES string of the molecule is COc1ccc(C(=O)Nc2ccc(N3CCCCC3)c3ccncc23)cc1S(=O)(=O)N1CCCC1. The minimum absolute atomic E-state index is 0.0153. The molecular formula is C26H30N4O4S. The zero-order valence-electron chi connectivity index (χ0n) is 19.9. The van der Waals surface area contributed by atoms with Crippen molar-refractivity contribution in [3.63, 3.8) is 0 Å². The molecule has 0 unspecified atom stereocenters. The smallest absolute Gasteiger partial charge is 0.255 e. The van der Waals surface area contributed by atoms with E-state index in [9.17, 15) is 13.2 Å². The number of pyridine rings is 1. The number of anilines is 2. The molecule has 2 fully saturated rings. The van der Waals surface area contributed by atoms with Crippen LogP contribution < -0.4 is 15.0 Å². The molecule has 3 heterocycles. The van der Waals surface area contributed by atoms with Crippen molar-refractivity contribution in [2.24, 2.45) is 0 Å². The Balaban J connectivity index is 1.47. The molecule has 1 N–H and O–H groups in total. The number of nitrogens with zero attached hydrogens (tertiary/aromatic N) is 3. The standard InChI is InChI=1S/C26H30N4O4S/c1-34-24-10-7-19(17-25(24)35(32,33)30-15-5-6-16-30)26(31)28-22-8-9-23(29-13-3-2-4-14-29)20-11-12-27-18-21(20)22/h7-12,17-18H,2-6,13-16H2,1H3,(H,28,31). The van der Waals surface area contributed by atoms with Crippen LogP contribution in [0.1, 0.15) is 42.5 Å². The van der Waals surface area contributed by atoms with Gasteiger partial charge in [-0.3, -0.25) is 9.78 Å². The van der Waals surface area contributed by atoms with Crippen LogP contribution in [0.25, 0.3) is 10.8 Å². The Bertz CT molecular complexity index is 1350. The summed E-state index contributed by atoms with van der Waals surface area (Å²) < 4.78 is 33.2. The fraction of sp³-hybridized carbons (Fsp3) is 0.385. The third-order valence-electron chi connectivity index (χ3n) is 6.85. The summed E-state index contributed by atoms with van der Waals surface area (Å²) in [4.78, 5) is 19.9. The molecule has 0 aliphatic carbocycles. The number of methoxy groups -OCH3 is 1. The van der Waals surface area contributed by atoms with Gasteiger partial charge in [0, 0.05) is 60.6 Å². The number of rotatable bonds is 6. The van der Waals surface area contributed by atoms with E-state index in [1.54, 1.807) is 18.5 Å².